The largest absolute Gasteiger partial charge is 0.272 e. The second-order valence-corrected chi connectivity index (χ2v) is 8.54. The highest BCUT2D eigenvalue weighted by atomic mass is 35.5. The van der Waals surface area contributed by atoms with E-state index >= 15 is 0 Å². The number of rotatable bonds is 8. The van der Waals surface area contributed by atoms with Crippen molar-refractivity contribution in [2.24, 2.45) is 5.10 Å². The molecule has 1 aromatic heterocycles. The molecule has 4 aromatic rings. The van der Waals surface area contributed by atoms with Crippen LogP contribution in [-0.2, 0) is 11.2 Å². The lowest BCUT2D eigenvalue weighted by Crippen LogP contribution is -2.20. The van der Waals surface area contributed by atoms with Crippen molar-refractivity contribution in [3.8, 4) is 17.1 Å². The lowest BCUT2D eigenvalue weighted by Gasteiger charge is -2.10. The summed E-state index contributed by atoms with van der Waals surface area (Å²) < 4.78 is 1.93. The Hall–Kier alpha value is -3.42. The average Bonchev–Trinajstić information content (AvgIpc) is 3.28. The Morgan fingerprint density at radius 1 is 1.03 bits per heavy atom. The zero-order valence-corrected chi connectivity index (χ0v) is 19.6. The maximum Gasteiger partial charge on any atom is 0.250 e. The van der Waals surface area contributed by atoms with Gasteiger partial charge in [0.15, 0.2) is 11.0 Å². The molecule has 0 spiro atoms. The second-order valence-electron chi connectivity index (χ2n) is 7.16. The molecule has 0 aliphatic heterocycles. The number of nitrogens with zero attached hydrogens (tertiary/aromatic N) is 4. The fourth-order valence-corrected chi connectivity index (χ4v) is 4.01. The number of thioether (sulfide) groups is 1. The first kappa shape index (κ1) is 22.8. The van der Waals surface area contributed by atoms with Crippen molar-refractivity contribution < 1.29 is 4.79 Å². The fraction of sp³-hybridized carbons (Fsp3) is 0.120. The molecule has 4 rings (SSSR count). The summed E-state index contributed by atoms with van der Waals surface area (Å²) in [6.45, 7) is 2.11. The predicted octanol–water partition coefficient (Wildman–Crippen LogP) is 5.39. The van der Waals surface area contributed by atoms with Gasteiger partial charge in [-0.1, -0.05) is 72.8 Å². The third kappa shape index (κ3) is 5.88. The van der Waals surface area contributed by atoms with Crippen LogP contribution < -0.4 is 5.43 Å². The molecule has 8 heteroatoms. The van der Waals surface area contributed by atoms with Gasteiger partial charge in [-0.05, 0) is 53.9 Å². The smallest absolute Gasteiger partial charge is 0.250 e. The van der Waals surface area contributed by atoms with Crippen LogP contribution >= 0.6 is 23.4 Å². The summed E-state index contributed by atoms with van der Waals surface area (Å²) in [5, 5.41) is 14.0. The molecule has 0 saturated carbocycles. The van der Waals surface area contributed by atoms with Gasteiger partial charge in [0.2, 0.25) is 0 Å². The molecule has 33 heavy (non-hydrogen) atoms. The van der Waals surface area contributed by atoms with Gasteiger partial charge in [-0.3, -0.25) is 9.36 Å². The Morgan fingerprint density at radius 3 is 2.45 bits per heavy atom. The van der Waals surface area contributed by atoms with Crippen molar-refractivity contribution in [3.63, 3.8) is 0 Å². The molecule has 6 nitrogen and oxygen atoms in total. The number of para-hydroxylation sites is 1. The number of halogens is 1. The molecular weight excluding hydrogens is 454 g/mol. The predicted molar refractivity (Wildman–Crippen MR) is 134 cm³/mol. The van der Waals surface area contributed by atoms with E-state index in [1.807, 2.05) is 83.4 Å². The molecular formula is C25H22ClN5OS. The van der Waals surface area contributed by atoms with Gasteiger partial charge in [-0.2, -0.15) is 5.10 Å². The lowest BCUT2D eigenvalue weighted by molar-refractivity contribution is -0.118. The van der Waals surface area contributed by atoms with Crippen molar-refractivity contribution >= 4 is 35.5 Å². The number of carbonyl (C=O) groups excluding carboxylic acids is 1. The van der Waals surface area contributed by atoms with Crippen LogP contribution in [0.1, 0.15) is 18.1 Å². The van der Waals surface area contributed by atoms with E-state index in [-0.39, 0.29) is 11.7 Å². The van der Waals surface area contributed by atoms with Gasteiger partial charge in [0.25, 0.3) is 5.91 Å². The number of hydrogen-bond donors (Lipinski definition) is 1. The number of amides is 1. The molecule has 1 N–H and O–H groups in total. The van der Waals surface area contributed by atoms with Crippen molar-refractivity contribution in [2.75, 3.05) is 5.75 Å². The number of hydrazone groups is 1. The monoisotopic (exact) mass is 475 g/mol. The Balaban J connectivity index is 1.46. The summed E-state index contributed by atoms with van der Waals surface area (Å²) in [5.41, 5.74) is 6.54. The topological polar surface area (TPSA) is 72.2 Å². The molecule has 0 fully saturated rings. The summed E-state index contributed by atoms with van der Waals surface area (Å²) in [6.07, 6.45) is 2.62. The number of carbonyl (C=O) groups is 1. The molecule has 0 unspecified atom stereocenters. The van der Waals surface area contributed by atoms with Gasteiger partial charge in [-0.25, -0.2) is 5.43 Å². The summed E-state index contributed by atoms with van der Waals surface area (Å²) in [6, 6.07) is 25.3. The van der Waals surface area contributed by atoms with Crippen LogP contribution in [0.15, 0.2) is 89.1 Å². The molecule has 1 heterocycles. The van der Waals surface area contributed by atoms with Gasteiger partial charge < -0.3 is 0 Å². The number of nitrogens with one attached hydrogen (secondary N) is 1. The van der Waals surface area contributed by atoms with Crippen LogP contribution in [0.5, 0.6) is 0 Å². The quantitative estimate of drug-likeness (QED) is 0.210. The first-order valence-corrected chi connectivity index (χ1v) is 11.8. The SMILES string of the molecule is CCc1ccc(C=NNC(=O)CSc2nnc(-c3ccc(Cl)cc3)n2-c2ccccc2)cc1. The third-order valence-electron chi connectivity index (χ3n) is 4.87. The first-order chi connectivity index (χ1) is 16.1. The minimum Gasteiger partial charge on any atom is -0.272 e. The number of aromatic nitrogens is 3. The highest BCUT2D eigenvalue weighted by molar-refractivity contribution is 7.99. The third-order valence-corrected chi connectivity index (χ3v) is 6.05. The Kier molecular flexibility index (Phi) is 7.55. The standard InChI is InChI=1S/C25H22ClN5OS/c1-2-18-8-10-19(11-9-18)16-27-28-23(32)17-33-25-30-29-24(20-12-14-21(26)15-13-20)31(25)22-6-4-3-5-7-22/h3-16H,2,17H2,1H3,(H,28,32). The van der Waals surface area contributed by atoms with E-state index < -0.39 is 0 Å². The molecule has 3 aromatic carbocycles. The summed E-state index contributed by atoms with van der Waals surface area (Å²) in [7, 11) is 0. The van der Waals surface area contributed by atoms with Crippen LogP contribution in [0.2, 0.25) is 5.02 Å². The van der Waals surface area contributed by atoms with Crippen LogP contribution in [0.3, 0.4) is 0 Å². The van der Waals surface area contributed by atoms with E-state index in [9.17, 15) is 4.79 Å². The van der Waals surface area contributed by atoms with E-state index in [0.29, 0.717) is 16.0 Å². The zero-order chi connectivity index (χ0) is 23.0. The minimum atomic E-state index is -0.225. The minimum absolute atomic E-state index is 0.150. The Bertz CT molecular complexity index is 1240. The average molecular weight is 476 g/mol. The highest BCUT2D eigenvalue weighted by Crippen LogP contribution is 2.28. The Morgan fingerprint density at radius 2 is 1.76 bits per heavy atom. The molecule has 166 valence electrons. The van der Waals surface area contributed by atoms with Crippen molar-refractivity contribution in [3.05, 3.63) is 95.0 Å². The van der Waals surface area contributed by atoms with Crippen LogP contribution in [0.4, 0.5) is 0 Å². The van der Waals surface area contributed by atoms with Gasteiger partial charge in [0.1, 0.15) is 0 Å². The maximum atomic E-state index is 12.4. The van der Waals surface area contributed by atoms with Crippen molar-refractivity contribution in [2.45, 2.75) is 18.5 Å². The number of hydrogen-bond acceptors (Lipinski definition) is 5. The number of aryl methyl sites for hydroxylation is 1. The van der Waals surface area contributed by atoms with Gasteiger partial charge >= 0.3 is 0 Å². The summed E-state index contributed by atoms with van der Waals surface area (Å²) in [5.74, 6) is 0.601. The van der Waals surface area contributed by atoms with E-state index in [1.54, 1.807) is 6.21 Å². The van der Waals surface area contributed by atoms with E-state index in [0.717, 1.165) is 23.2 Å². The van der Waals surface area contributed by atoms with E-state index in [1.165, 1.54) is 17.3 Å². The Labute approximate surface area is 201 Å². The summed E-state index contributed by atoms with van der Waals surface area (Å²) in [4.78, 5) is 12.4. The first-order valence-electron chi connectivity index (χ1n) is 10.4. The number of benzene rings is 3. The normalized spacial score (nSPS) is 11.1. The van der Waals surface area contributed by atoms with Crippen molar-refractivity contribution in [1.82, 2.24) is 20.2 Å². The lowest BCUT2D eigenvalue weighted by atomic mass is 10.1. The molecule has 0 atom stereocenters. The zero-order valence-electron chi connectivity index (χ0n) is 18.0. The fourth-order valence-electron chi connectivity index (χ4n) is 3.14. The summed E-state index contributed by atoms with van der Waals surface area (Å²) >= 11 is 7.33. The van der Waals surface area contributed by atoms with E-state index in [2.05, 4.69) is 27.6 Å². The molecule has 0 bridgehead atoms. The second kappa shape index (κ2) is 10.9. The molecule has 0 aliphatic carbocycles. The van der Waals surface area contributed by atoms with Gasteiger partial charge in [0.05, 0.1) is 12.0 Å². The van der Waals surface area contributed by atoms with Crippen LogP contribution in [-0.4, -0.2) is 32.6 Å². The van der Waals surface area contributed by atoms with Gasteiger partial charge in [-0.15, -0.1) is 10.2 Å². The molecule has 0 radical (unpaired) electrons. The molecule has 0 aliphatic rings. The van der Waals surface area contributed by atoms with Crippen LogP contribution in [0.25, 0.3) is 17.1 Å². The van der Waals surface area contributed by atoms with Gasteiger partial charge in [0, 0.05) is 16.3 Å². The molecule has 1 amide bonds. The van der Waals surface area contributed by atoms with Crippen molar-refractivity contribution in [1.29, 1.82) is 0 Å². The van der Waals surface area contributed by atoms with Crippen LogP contribution in [0, 0.1) is 0 Å². The highest BCUT2D eigenvalue weighted by Gasteiger charge is 2.17. The molecule has 0 saturated heterocycles. The maximum absolute atomic E-state index is 12.4. The van der Waals surface area contributed by atoms with E-state index in [4.69, 9.17) is 11.6 Å².